The zero-order valence-corrected chi connectivity index (χ0v) is 7.26. The molecule has 1 atom stereocenters. The maximum absolute atomic E-state index is 10.9. The Labute approximate surface area is 66.9 Å². The van der Waals surface area contributed by atoms with E-state index >= 15 is 0 Å². The van der Waals surface area contributed by atoms with Crippen LogP contribution < -0.4 is 5.73 Å². The van der Waals surface area contributed by atoms with Crippen LogP contribution in [0.5, 0.6) is 0 Å². The largest absolute Gasteiger partial charge is 0.330 e. The first-order chi connectivity index (χ1) is 5.02. The van der Waals surface area contributed by atoms with E-state index in [4.69, 9.17) is 11.0 Å². The molecule has 0 aliphatic heterocycles. The fraction of sp³-hybridized carbons (Fsp3) is 0.833. The molecule has 5 heteroatoms. The molecule has 0 rings (SSSR count). The van der Waals surface area contributed by atoms with Gasteiger partial charge in [0.15, 0.2) is 9.84 Å². The monoisotopic (exact) mass is 176 g/mol. The van der Waals surface area contributed by atoms with Crippen LogP contribution >= 0.6 is 0 Å². The molecule has 0 saturated carbocycles. The van der Waals surface area contributed by atoms with Crippen LogP contribution in [0.3, 0.4) is 0 Å². The van der Waals surface area contributed by atoms with Gasteiger partial charge in [-0.05, 0) is 12.5 Å². The molecule has 0 aromatic heterocycles. The van der Waals surface area contributed by atoms with Gasteiger partial charge in [-0.3, -0.25) is 0 Å². The van der Waals surface area contributed by atoms with Crippen molar-refractivity contribution in [3.8, 4) is 6.07 Å². The molecule has 0 bridgehead atoms. The molecule has 0 heterocycles. The zero-order chi connectivity index (χ0) is 8.91. The van der Waals surface area contributed by atoms with Gasteiger partial charge in [-0.2, -0.15) is 5.26 Å². The summed E-state index contributed by atoms with van der Waals surface area (Å²) in [6, 6.07) is 1.61. The van der Waals surface area contributed by atoms with Crippen molar-refractivity contribution in [2.75, 3.05) is 18.1 Å². The van der Waals surface area contributed by atoms with Crippen LogP contribution in [-0.2, 0) is 9.84 Å². The second kappa shape index (κ2) is 4.31. The molecule has 0 fully saturated rings. The lowest BCUT2D eigenvalue weighted by Gasteiger charge is -2.05. The van der Waals surface area contributed by atoms with Crippen molar-refractivity contribution < 1.29 is 8.42 Å². The Morgan fingerprint density at radius 2 is 2.18 bits per heavy atom. The van der Waals surface area contributed by atoms with Crippen LogP contribution in [0.4, 0.5) is 0 Å². The van der Waals surface area contributed by atoms with E-state index < -0.39 is 15.6 Å². The van der Waals surface area contributed by atoms with Gasteiger partial charge in [-0.15, -0.1) is 0 Å². The van der Waals surface area contributed by atoms with Gasteiger partial charge in [-0.25, -0.2) is 8.42 Å². The molecule has 0 aliphatic carbocycles. The summed E-state index contributed by atoms with van der Waals surface area (Å²) in [6.07, 6.45) is 0. The van der Waals surface area contributed by atoms with Crippen molar-refractivity contribution in [1.82, 2.24) is 0 Å². The highest BCUT2D eigenvalue weighted by Crippen LogP contribution is 1.99. The summed E-state index contributed by atoms with van der Waals surface area (Å²) in [7, 11) is -3.18. The van der Waals surface area contributed by atoms with Crippen molar-refractivity contribution in [2.24, 2.45) is 11.7 Å². The molecule has 4 nitrogen and oxygen atoms in total. The van der Waals surface area contributed by atoms with Gasteiger partial charge in [0.25, 0.3) is 0 Å². The van der Waals surface area contributed by atoms with Crippen LogP contribution in [0.15, 0.2) is 0 Å². The summed E-state index contributed by atoms with van der Waals surface area (Å²) in [4.78, 5) is 0. The van der Waals surface area contributed by atoms with Crippen LogP contribution in [0.25, 0.3) is 0 Å². The zero-order valence-electron chi connectivity index (χ0n) is 6.45. The molecule has 2 N–H and O–H groups in total. The summed E-state index contributed by atoms with van der Waals surface area (Å²) < 4.78 is 21.8. The Kier molecular flexibility index (Phi) is 4.08. The molecule has 0 saturated heterocycles. The molecule has 0 amide bonds. The normalized spacial score (nSPS) is 13.9. The van der Waals surface area contributed by atoms with Crippen molar-refractivity contribution in [2.45, 2.75) is 6.92 Å². The number of nitrogens with zero attached hydrogens (tertiary/aromatic N) is 1. The molecule has 1 unspecified atom stereocenters. The quantitative estimate of drug-likeness (QED) is 0.627. The maximum Gasteiger partial charge on any atom is 0.163 e. The standard InChI is InChI=1S/C6H12N2O2S/c1-6(4-8)5-11(9,10)3-2-7/h6H,3-5,8H2,1H3. The van der Waals surface area contributed by atoms with E-state index in [1.807, 2.05) is 0 Å². The van der Waals surface area contributed by atoms with Gasteiger partial charge in [0.05, 0.1) is 11.8 Å². The lowest BCUT2D eigenvalue weighted by molar-refractivity contribution is 0.577. The third kappa shape index (κ3) is 4.76. The van der Waals surface area contributed by atoms with Crippen molar-refractivity contribution in [1.29, 1.82) is 5.26 Å². The number of nitriles is 1. The van der Waals surface area contributed by atoms with Crippen molar-refractivity contribution in [3.05, 3.63) is 0 Å². The predicted octanol–water partition coefficient (Wildman–Crippen LogP) is -0.480. The minimum atomic E-state index is -3.18. The SMILES string of the molecule is CC(CN)CS(=O)(=O)CC#N. The van der Waals surface area contributed by atoms with E-state index in [2.05, 4.69) is 0 Å². The number of nitrogens with two attached hydrogens (primary N) is 1. The van der Waals surface area contributed by atoms with Gasteiger partial charge in [0.2, 0.25) is 0 Å². The smallest absolute Gasteiger partial charge is 0.163 e. The Balaban J connectivity index is 4.05. The lowest BCUT2D eigenvalue weighted by atomic mass is 10.2. The molecule has 0 aromatic carbocycles. The summed E-state index contributed by atoms with van der Waals surface area (Å²) >= 11 is 0. The summed E-state index contributed by atoms with van der Waals surface area (Å²) in [5, 5.41) is 8.13. The molecule has 64 valence electrons. The van der Waals surface area contributed by atoms with Crippen LogP contribution in [0.2, 0.25) is 0 Å². The topological polar surface area (TPSA) is 84.0 Å². The first-order valence-electron chi connectivity index (χ1n) is 3.29. The molecule has 0 spiro atoms. The minimum Gasteiger partial charge on any atom is -0.330 e. The Bertz CT molecular complexity index is 240. The first kappa shape index (κ1) is 10.4. The highest BCUT2D eigenvalue weighted by Gasteiger charge is 2.13. The van der Waals surface area contributed by atoms with E-state index in [0.717, 1.165) is 0 Å². The van der Waals surface area contributed by atoms with E-state index in [1.54, 1.807) is 13.0 Å². The van der Waals surface area contributed by atoms with E-state index in [9.17, 15) is 8.42 Å². The highest BCUT2D eigenvalue weighted by atomic mass is 32.2. The molecular weight excluding hydrogens is 164 g/mol. The Hall–Kier alpha value is -0.600. The van der Waals surface area contributed by atoms with Crippen molar-refractivity contribution >= 4 is 9.84 Å². The van der Waals surface area contributed by atoms with Crippen LogP contribution in [0.1, 0.15) is 6.92 Å². The maximum atomic E-state index is 10.9. The minimum absolute atomic E-state index is 0.0110. The van der Waals surface area contributed by atoms with E-state index in [1.165, 1.54) is 0 Å². The first-order valence-corrected chi connectivity index (χ1v) is 5.11. The number of hydrogen-bond donors (Lipinski definition) is 1. The highest BCUT2D eigenvalue weighted by molar-refractivity contribution is 7.91. The van der Waals surface area contributed by atoms with E-state index in [0.29, 0.717) is 6.54 Å². The van der Waals surface area contributed by atoms with Gasteiger partial charge < -0.3 is 5.73 Å². The molecule has 0 aromatic rings. The number of hydrogen-bond acceptors (Lipinski definition) is 4. The lowest BCUT2D eigenvalue weighted by Crippen LogP contribution is -2.22. The van der Waals surface area contributed by atoms with Gasteiger partial charge >= 0.3 is 0 Å². The van der Waals surface area contributed by atoms with Crippen molar-refractivity contribution in [3.63, 3.8) is 0 Å². The second-order valence-corrected chi connectivity index (χ2v) is 4.66. The van der Waals surface area contributed by atoms with E-state index in [-0.39, 0.29) is 11.7 Å². The number of sulfone groups is 1. The van der Waals surface area contributed by atoms with Crippen LogP contribution in [0, 0.1) is 17.2 Å². The summed E-state index contributed by atoms with van der Waals surface area (Å²) in [5.74, 6) is -0.456. The molecular formula is C6H12N2O2S. The Morgan fingerprint density at radius 1 is 1.64 bits per heavy atom. The molecule has 11 heavy (non-hydrogen) atoms. The summed E-state index contributed by atoms with van der Waals surface area (Å²) in [6.45, 7) is 2.08. The molecule has 0 radical (unpaired) electrons. The average molecular weight is 176 g/mol. The van der Waals surface area contributed by atoms with Gasteiger partial charge in [0, 0.05) is 0 Å². The van der Waals surface area contributed by atoms with Gasteiger partial charge in [0.1, 0.15) is 5.75 Å². The number of rotatable bonds is 4. The van der Waals surface area contributed by atoms with Crippen LogP contribution in [-0.4, -0.2) is 26.5 Å². The average Bonchev–Trinajstić information content (AvgIpc) is 1.86. The fourth-order valence-corrected chi connectivity index (χ4v) is 1.98. The second-order valence-electron chi connectivity index (χ2n) is 2.55. The predicted molar refractivity (Wildman–Crippen MR) is 42.5 cm³/mol. The van der Waals surface area contributed by atoms with Gasteiger partial charge in [-0.1, -0.05) is 6.92 Å². The fourth-order valence-electron chi connectivity index (χ4n) is 0.659. The third-order valence-corrected chi connectivity index (χ3v) is 2.87. The third-order valence-electron chi connectivity index (χ3n) is 1.23. The molecule has 0 aliphatic rings. The summed E-state index contributed by atoms with van der Waals surface area (Å²) in [5.41, 5.74) is 5.23. The Morgan fingerprint density at radius 3 is 2.55 bits per heavy atom.